The van der Waals surface area contributed by atoms with Crippen molar-refractivity contribution in [2.75, 3.05) is 14.2 Å². The standard InChI is InChI=1S/C13H15N3O.C12H18BNO2.C7H9IN2O/c1-9-5-11(3-4-15-9)13-12(17-2)6-10(7-14)8-16-13;1-9-8-10(6-7-14-9)13-15-11(2,3)12(4,5)16-13;1-11-6-2-5(3-9)4-10-7(6)8/h3-6,8H,7,14H2,1-2H3;6-8H,1-5H3;2,4H,3,9H2,1H3. The predicted octanol–water partition coefficient (Wildman–Crippen LogP) is 4.76. The van der Waals surface area contributed by atoms with Crippen LogP contribution in [0.4, 0.5) is 0 Å². The summed E-state index contributed by atoms with van der Waals surface area (Å²) in [5.74, 6) is 1.52. The van der Waals surface area contributed by atoms with E-state index < -0.39 is 0 Å². The number of aromatic nitrogens is 4. The highest BCUT2D eigenvalue weighted by atomic mass is 127. The molecule has 1 aliphatic rings. The van der Waals surface area contributed by atoms with Gasteiger partial charge in [0.15, 0.2) is 5.75 Å². The average Bonchev–Trinajstić information content (AvgIpc) is 3.23. The van der Waals surface area contributed by atoms with E-state index in [2.05, 4.69) is 70.2 Å². The van der Waals surface area contributed by atoms with Crippen molar-refractivity contribution < 1.29 is 18.8 Å². The molecule has 0 unspecified atom stereocenters. The molecular formula is C32H42BIN6O4. The summed E-state index contributed by atoms with van der Waals surface area (Å²) in [5.41, 5.74) is 17.2. The number of hydrogen-bond acceptors (Lipinski definition) is 10. The molecule has 0 radical (unpaired) electrons. The normalized spacial score (nSPS) is 14.6. The van der Waals surface area contributed by atoms with Gasteiger partial charge in [0.25, 0.3) is 0 Å². The van der Waals surface area contributed by atoms with E-state index in [4.69, 9.17) is 30.2 Å². The van der Waals surface area contributed by atoms with Gasteiger partial charge in [-0.1, -0.05) is 0 Å². The fourth-order valence-electron chi connectivity index (χ4n) is 4.08. The summed E-state index contributed by atoms with van der Waals surface area (Å²) in [6.07, 6.45) is 7.08. The first-order valence-electron chi connectivity index (χ1n) is 14.2. The van der Waals surface area contributed by atoms with Gasteiger partial charge in [0.1, 0.15) is 15.1 Å². The van der Waals surface area contributed by atoms with Crippen molar-refractivity contribution in [3.8, 4) is 22.8 Å². The number of pyridine rings is 4. The summed E-state index contributed by atoms with van der Waals surface area (Å²) >= 11 is 2.12. The molecule has 234 valence electrons. The van der Waals surface area contributed by atoms with Gasteiger partial charge in [-0.05, 0) is 117 Å². The van der Waals surface area contributed by atoms with Crippen LogP contribution in [0.15, 0.2) is 61.2 Å². The van der Waals surface area contributed by atoms with Crippen LogP contribution in [0, 0.1) is 17.5 Å². The molecule has 0 aliphatic carbocycles. The Morgan fingerprint density at radius 3 is 1.80 bits per heavy atom. The predicted molar refractivity (Wildman–Crippen MR) is 183 cm³/mol. The molecule has 10 nitrogen and oxygen atoms in total. The molecular weight excluding hydrogens is 670 g/mol. The summed E-state index contributed by atoms with van der Waals surface area (Å²) in [5, 5.41) is 0. The third-order valence-corrected chi connectivity index (χ3v) is 8.11. The Kier molecular flexibility index (Phi) is 12.6. The molecule has 0 amide bonds. The topological polar surface area (TPSA) is 141 Å². The summed E-state index contributed by atoms with van der Waals surface area (Å²) in [6.45, 7) is 13.1. The molecule has 5 heterocycles. The number of nitrogens with zero attached hydrogens (tertiary/aromatic N) is 4. The Morgan fingerprint density at radius 1 is 0.750 bits per heavy atom. The molecule has 4 N–H and O–H groups in total. The second kappa shape index (κ2) is 15.7. The smallest absolute Gasteiger partial charge is 0.494 e. The van der Waals surface area contributed by atoms with Crippen LogP contribution in [0.5, 0.6) is 11.5 Å². The molecule has 1 aliphatic heterocycles. The van der Waals surface area contributed by atoms with Crippen LogP contribution >= 0.6 is 22.6 Å². The number of methoxy groups -OCH3 is 2. The van der Waals surface area contributed by atoms with Gasteiger partial charge in [-0.2, -0.15) is 0 Å². The Labute approximate surface area is 274 Å². The fraction of sp³-hybridized carbons (Fsp3) is 0.375. The molecule has 4 aromatic rings. The quantitative estimate of drug-likeness (QED) is 0.163. The van der Waals surface area contributed by atoms with E-state index in [0.717, 1.165) is 54.4 Å². The monoisotopic (exact) mass is 712 g/mol. The van der Waals surface area contributed by atoms with E-state index in [1.54, 1.807) is 39.0 Å². The molecule has 0 bridgehead atoms. The maximum absolute atomic E-state index is 5.96. The minimum Gasteiger partial charge on any atom is -0.494 e. The SMILES string of the molecule is COc1cc(CN)cnc1-c1ccnc(C)c1.COc1cc(CN)cnc1I.Cc1cc(B2OC(C)(C)C(C)(C)O2)ccn1. The zero-order valence-electron chi connectivity index (χ0n) is 26.7. The van der Waals surface area contributed by atoms with Crippen molar-refractivity contribution in [2.45, 2.75) is 65.8 Å². The van der Waals surface area contributed by atoms with Crippen LogP contribution in [-0.4, -0.2) is 52.5 Å². The zero-order valence-corrected chi connectivity index (χ0v) is 28.9. The molecule has 1 saturated heterocycles. The van der Waals surface area contributed by atoms with E-state index in [-0.39, 0.29) is 18.3 Å². The minimum absolute atomic E-state index is 0.283. The van der Waals surface area contributed by atoms with Crippen LogP contribution in [0.25, 0.3) is 11.3 Å². The van der Waals surface area contributed by atoms with Gasteiger partial charge in [-0.15, -0.1) is 0 Å². The van der Waals surface area contributed by atoms with E-state index in [1.165, 1.54) is 0 Å². The fourth-order valence-corrected chi connectivity index (χ4v) is 4.59. The number of rotatable bonds is 6. The molecule has 0 aromatic carbocycles. The average molecular weight is 712 g/mol. The molecule has 4 aromatic heterocycles. The van der Waals surface area contributed by atoms with Gasteiger partial charge in [-0.3, -0.25) is 15.0 Å². The number of nitrogens with two attached hydrogens (primary N) is 2. The van der Waals surface area contributed by atoms with Gasteiger partial charge in [0, 0.05) is 54.8 Å². The third-order valence-electron chi connectivity index (χ3n) is 7.30. The number of hydrogen-bond donors (Lipinski definition) is 2. The second-order valence-corrected chi connectivity index (χ2v) is 12.2. The van der Waals surface area contributed by atoms with Crippen LogP contribution in [0.3, 0.4) is 0 Å². The lowest BCUT2D eigenvalue weighted by Gasteiger charge is -2.32. The first kappa shape index (κ1) is 35.3. The molecule has 44 heavy (non-hydrogen) atoms. The molecule has 1 fully saturated rings. The van der Waals surface area contributed by atoms with Gasteiger partial charge < -0.3 is 30.2 Å². The van der Waals surface area contributed by atoms with Gasteiger partial charge >= 0.3 is 7.12 Å². The van der Waals surface area contributed by atoms with Crippen molar-refractivity contribution in [1.82, 2.24) is 19.9 Å². The van der Waals surface area contributed by atoms with Crippen LogP contribution in [0.2, 0.25) is 0 Å². The van der Waals surface area contributed by atoms with Gasteiger partial charge in [-0.25, -0.2) is 4.98 Å². The second-order valence-electron chi connectivity index (χ2n) is 11.1. The summed E-state index contributed by atoms with van der Waals surface area (Å²) in [4.78, 5) is 16.8. The minimum atomic E-state index is -0.285. The van der Waals surface area contributed by atoms with E-state index in [0.29, 0.717) is 13.1 Å². The van der Waals surface area contributed by atoms with Crippen molar-refractivity contribution in [3.05, 3.63) is 87.4 Å². The Morgan fingerprint density at radius 2 is 1.27 bits per heavy atom. The van der Waals surface area contributed by atoms with Gasteiger partial charge in [0.2, 0.25) is 0 Å². The highest BCUT2D eigenvalue weighted by Gasteiger charge is 2.51. The number of halogens is 1. The van der Waals surface area contributed by atoms with Crippen molar-refractivity contribution in [2.24, 2.45) is 11.5 Å². The molecule has 5 rings (SSSR count). The highest BCUT2D eigenvalue weighted by Crippen LogP contribution is 2.36. The van der Waals surface area contributed by atoms with Gasteiger partial charge in [0.05, 0.1) is 25.4 Å². The Balaban J connectivity index is 0.000000185. The summed E-state index contributed by atoms with van der Waals surface area (Å²) < 4.78 is 23.2. The van der Waals surface area contributed by atoms with E-state index >= 15 is 0 Å². The molecule has 12 heteroatoms. The zero-order chi connectivity index (χ0) is 32.5. The Hall–Kier alpha value is -3.17. The first-order valence-corrected chi connectivity index (χ1v) is 15.2. The van der Waals surface area contributed by atoms with Crippen LogP contribution in [-0.2, 0) is 22.4 Å². The lowest BCUT2D eigenvalue weighted by Crippen LogP contribution is -2.41. The molecule has 0 saturated carbocycles. The lowest BCUT2D eigenvalue weighted by molar-refractivity contribution is 0.00578. The van der Waals surface area contributed by atoms with Crippen molar-refractivity contribution in [1.29, 1.82) is 0 Å². The molecule has 0 atom stereocenters. The highest BCUT2D eigenvalue weighted by molar-refractivity contribution is 14.1. The largest absolute Gasteiger partial charge is 0.494 e. The lowest BCUT2D eigenvalue weighted by atomic mass is 9.79. The first-order chi connectivity index (χ1) is 20.8. The maximum atomic E-state index is 5.96. The number of aryl methyl sites for hydroxylation is 2. The summed E-state index contributed by atoms with van der Waals surface area (Å²) in [6, 6.07) is 11.6. The van der Waals surface area contributed by atoms with Crippen LogP contribution in [0.1, 0.15) is 50.2 Å². The maximum Gasteiger partial charge on any atom is 0.494 e. The molecule has 0 spiro atoms. The van der Waals surface area contributed by atoms with Crippen molar-refractivity contribution in [3.63, 3.8) is 0 Å². The third kappa shape index (κ3) is 9.18. The number of ether oxygens (including phenoxy) is 2. The summed E-state index contributed by atoms with van der Waals surface area (Å²) in [7, 11) is 2.97. The van der Waals surface area contributed by atoms with E-state index in [9.17, 15) is 0 Å². The van der Waals surface area contributed by atoms with Crippen LogP contribution < -0.4 is 26.4 Å². The van der Waals surface area contributed by atoms with E-state index in [1.807, 2.05) is 50.2 Å². The Bertz CT molecular complexity index is 1520. The van der Waals surface area contributed by atoms with Crippen molar-refractivity contribution >= 4 is 35.2 Å².